The van der Waals surface area contributed by atoms with Gasteiger partial charge in [-0.25, -0.2) is 4.79 Å². The highest BCUT2D eigenvalue weighted by atomic mass is 16.5. The molecule has 0 saturated heterocycles. The fraction of sp³-hybridized carbons (Fsp3) is 0.158. The third kappa shape index (κ3) is 3.63. The molecule has 2 aromatic carbocycles. The van der Waals surface area contributed by atoms with E-state index in [2.05, 4.69) is 5.32 Å². The average Bonchev–Trinajstić information content (AvgIpc) is 3.02. The number of hydrogen-bond donors (Lipinski definition) is 2. The first-order valence-electron chi connectivity index (χ1n) is 7.78. The summed E-state index contributed by atoms with van der Waals surface area (Å²) in [7, 11) is 1.60. The second kappa shape index (κ2) is 7.09. The van der Waals surface area contributed by atoms with Gasteiger partial charge in [0.1, 0.15) is 12.3 Å². The van der Waals surface area contributed by atoms with Gasteiger partial charge >= 0.3 is 5.97 Å². The van der Waals surface area contributed by atoms with Gasteiger partial charge in [0, 0.05) is 17.1 Å². The van der Waals surface area contributed by atoms with E-state index >= 15 is 0 Å². The number of aliphatic carboxylic acids is 1. The maximum atomic E-state index is 12.3. The van der Waals surface area contributed by atoms with Gasteiger partial charge in [-0.2, -0.15) is 0 Å². The predicted molar refractivity (Wildman–Crippen MR) is 93.5 cm³/mol. The zero-order valence-corrected chi connectivity index (χ0v) is 13.7. The second-order valence-electron chi connectivity index (χ2n) is 5.62. The van der Waals surface area contributed by atoms with Gasteiger partial charge in [-0.15, -0.1) is 0 Å². The molecule has 0 aliphatic carbocycles. The van der Waals surface area contributed by atoms with Gasteiger partial charge in [-0.1, -0.05) is 30.3 Å². The molecule has 25 heavy (non-hydrogen) atoms. The Bertz CT molecular complexity index is 902. The number of ether oxygens (including phenoxy) is 1. The molecular weight excluding hydrogens is 320 g/mol. The normalized spacial score (nSPS) is 11.9. The summed E-state index contributed by atoms with van der Waals surface area (Å²) in [5.74, 6) is -0.726. The van der Waals surface area contributed by atoms with Crippen LogP contribution in [0.3, 0.4) is 0 Å². The number of carbonyl (C=O) groups is 2. The number of benzene rings is 2. The number of amides is 1. The minimum atomic E-state index is -1.10. The van der Waals surface area contributed by atoms with Crippen molar-refractivity contribution in [2.45, 2.75) is 12.6 Å². The molecule has 1 amide bonds. The van der Waals surface area contributed by atoms with Gasteiger partial charge in [0.15, 0.2) is 6.04 Å². The zero-order valence-electron chi connectivity index (χ0n) is 13.7. The van der Waals surface area contributed by atoms with E-state index in [1.807, 2.05) is 24.3 Å². The molecule has 0 aliphatic heterocycles. The highest BCUT2D eigenvalue weighted by molar-refractivity contribution is 5.87. The van der Waals surface area contributed by atoms with Gasteiger partial charge in [-0.3, -0.25) is 4.79 Å². The van der Waals surface area contributed by atoms with E-state index in [9.17, 15) is 14.7 Å². The lowest BCUT2D eigenvalue weighted by atomic mass is 10.1. The number of fused-ring (bicyclic) bond motifs is 1. The third-order valence-electron chi connectivity index (χ3n) is 3.98. The van der Waals surface area contributed by atoms with Crippen LogP contribution in [-0.4, -0.2) is 28.7 Å². The van der Waals surface area contributed by atoms with Crippen molar-refractivity contribution >= 4 is 22.8 Å². The number of carboxylic acids is 1. The number of nitrogens with zero attached hydrogens (tertiary/aromatic N) is 1. The molecular formula is C19H18N2O4. The number of carboxylic acid groups (broad SMARTS) is 1. The van der Waals surface area contributed by atoms with Crippen LogP contribution in [0.15, 0.2) is 60.8 Å². The van der Waals surface area contributed by atoms with Crippen molar-refractivity contribution in [2.24, 2.45) is 0 Å². The van der Waals surface area contributed by atoms with Crippen LogP contribution in [0.4, 0.5) is 0 Å². The quantitative estimate of drug-likeness (QED) is 0.724. The van der Waals surface area contributed by atoms with E-state index in [0.717, 1.165) is 16.7 Å². The summed E-state index contributed by atoms with van der Waals surface area (Å²) < 4.78 is 6.96. The fourth-order valence-electron chi connectivity index (χ4n) is 2.74. The van der Waals surface area contributed by atoms with Crippen molar-refractivity contribution in [2.75, 3.05) is 7.11 Å². The first kappa shape index (κ1) is 16.6. The summed E-state index contributed by atoms with van der Waals surface area (Å²) in [6.45, 7) is 0.0342. The predicted octanol–water partition coefficient (Wildman–Crippen LogP) is 2.59. The van der Waals surface area contributed by atoms with Crippen LogP contribution in [0.5, 0.6) is 5.75 Å². The van der Waals surface area contributed by atoms with Gasteiger partial charge in [-0.05, 0) is 29.8 Å². The topological polar surface area (TPSA) is 80.6 Å². The maximum Gasteiger partial charge on any atom is 0.330 e. The first-order chi connectivity index (χ1) is 12.1. The molecule has 1 aromatic heterocycles. The fourth-order valence-corrected chi connectivity index (χ4v) is 2.74. The third-order valence-corrected chi connectivity index (χ3v) is 3.98. The SMILES string of the molecule is COc1ccc2c(ccn2CC(=O)N[C@@H](C(=O)O)c2ccccc2)c1. The molecule has 0 radical (unpaired) electrons. The monoisotopic (exact) mass is 338 g/mol. The van der Waals surface area contributed by atoms with E-state index in [-0.39, 0.29) is 12.5 Å². The van der Waals surface area contributed by atoms with Gasteiger partial charge in [0.2, 0.25) is 5.91 Å². The Balaban J connectivity index is 1.76. The number of carbonyl (C=O) groups excluding carboxylic acids is 1. The molecule has 0 spiro atoms. The standard InChI is InChI=1S/C19H18N2O4/c1-25-15-7-8-16-14(11-15)9-10-21(16)12-17(22)20-18(19(23)24)13-5-3-2-4-6-13/h2-11,18H,12H2,1H3,(H,20,22)(H,23,24)/t18-/m1/s1. The van der Waals surface area contributed by atoms with Crippen molar-refractivity contribution < 1.29 is 19.4 Å². The van der Waals surface area contributed by atoms with Crippen molar-refractivity contribution in [3.63, 3.8) is 0 Å². The summed E-state index contributed by atoms with van der Waals surface area (Å²) in [6.07, 6.45) is 1.79. The lowest BCUT2D eigenvalue weighted by Gasteiger charge is -2.15. The van der Waals surface area contributed by atoms with Crippen molar-refractivity contribution in [3.8, 4) is 5.75 Å². The summed E-state index contributed by atoms with van der Waals surface area (Å²) in [6, 6.07) is 15.0. The van der Waals surface area contributed by atoms with E-state index in [0.29, 0.717) is 5.56 Å². The van der Waals surface area contributed by atoms with Crippen molar-refractivity contribution in [1.29, 1.82) is 0 Å². The molecule has 0 saturated carbocycles. The van der Waals surface area contributed by atoms with Gasteiger partial charge in [0.25, 0.3) is 0 Å². The number of methoxy groups -OCH3 is 1. The van der Waals surface area contributed by atoms with E-state index < -0.39 is 12.0 Å². The van der Waals surface area contributed by atoms with E-state index in [1.54, 1.807) is 48.2 Å². The average molecular weight is 338 g/mol. The molecule has 3 aromatic rings. The lowest BCUT2D eigenvalue weighted by Crippen LogP contribution is -2.35. The largest absolute Gasteiger partial charge is 0.497 e. The van der Waals surface area contributed by atoms with Crippen LogP contribution in [0, 0.1) is 0 Å². The molecule has 2 N–H and O–H groups in total. The van der Waals surface area contributed by atoms with Crippen LogP contribution in [0.1, 0.15) is 11.6 Å². The summed E-state index contributed by atoms with van der Waals surface area (Å²) in [5.41, 5.74) is 1.41. The Morgan fingerprint density at radius 1 is 1.16 bits per heavy atom. The Hall–Kier alpha value is -3.28. The molecule has 1 heterocycles. The number of aromatic nitrogens is 1. The van der Waals surface area contributed by atoms with Crippen LogP contribution in [0.25, 0.3) is 10.9 Å². The number of rotatable bonds is 6. The molecule has 0 unspecified atom stereocenters. The smallest absolute Gasteiger partial charge is 0.330 e. The molecule has 0 fully saturated rings. The summed E-state index contributed by atoms with van der Waals surface area (Å²) in [5, 5.41) is 12.9. The zero-order chi connectivity index (χ0) is 17.8. The molecule has 0 aliphatic rings. The van der Waals surface area contributed by atoms with Crippen LogP contribution < -0.4 is 10.1 Å². The molecule has 0 bridgehead atoms. The highest BCUT2D eigenvalue weighted by Crippen LogP contribution is 2.22. The number of hydrogen-bond acceptors (Lipinski definition) is 3. The summed E-state index contributed by atoms with van der Waals surface area (Å²) >= 11 is 0. The van der Waals surface area contributed by atoms with Crippen LogP contribution in [0.2, 0.25) is 0 Å². The molecule has 3 rings (SSSR count). The van der Waals surface area contributed by atoms with E-state index in [4.69, 9.17) is 4.74 Å². The molecule has 1 atom stereocenters. The molecule has 128 valence electrons. The maximum absolute atomic E-state index is 12.3. The highest BCUT2D eigenvalue weighted by Gasteiger charge is 2.22. The Labute approximate surface area is 144 Å². The minimum absolute atomic E-state index is 0.0342. The molecule has 6 heteroatoms. The molecule has 6 nitrogen and oxygen atoms in total. The second-order valence-corrected chi connectivity index (χ2v) is 5.62. The van der Waals surface area contributed by atoms with E-state index in [1.165, 1.54) is 0 Å². The van der Waals surface area contributed by atoms with Crippen LogP contribution in [-0.2, 0) is 16.1 Å². The van der Waals surface area contributed by atoms with Gasteiger partial charge < -0.3 is 19.7 Å². The Morgan fingerprint density at radius 3 is 2.60 bits per heavy atom. The van der Waals surface area contributed by atoms with Crippen molar-refractivity contribution in [3.05, 3.63) is 66.4 Å². The van der Waals surface area contributed by atoms with Crippen molar-refractivity contribution in [1.82, 2.24) is 9.88 Å². The minimum Gasteiger partial charge on any atom is -0.497 e. The lowest BCUT2D eigenvalue weighted by molar-refractivity contribution is -0.142. The first-order valence-corrected chi connectivity index (χ1v) is 7.78. The number of nitrogens with one attached hydrogen (secondary N) is 1. The Kier molecular flexibility index (Phi) is 4.70. The Morgan fingerprint density at radius 2 is 1.92 bits per heavy atom. The summed E-state index contributed by atoms with van der Waals surface area (Å²) in [4.78, 5) is 23.8. The van der Waals surface area contributed by atoms with Gasteiger partial charge in [0.05, 0.1) is 7.11 Å². The van der Waals surface area contributed by atoms with Crippen LogP contribution >= 0.6 is 0 Å².